The average Bonchev–Trinajstić information content (AvgIpc) is 3.00. The van der Waals surface area contributed by atoms with E-state index in [1.165, 1.54) is 22.6 Å². The second-order valence-electron chi connectivity index (χ2n) is 6.22. The number of nitrogens with one attached hydrogen (secondary N) is 1. The molecular weight excluding hydrogens is 361 g/mol. The maximum atomic E-state index is 13.7. The topological polar surface area (TPSA) is 81.3 Å². The zero-order chi connectivity index (χ0) is 19.7. The number of hydrogen-bond donors (Lipinski definition) is 1. The Labute approximate surface area is 159 Å². The van der Waals surface area contributed by atoms with Crippen LogP contribution in [0.15, 0.2) is 65.5 Å². The predicted octanol–water partition coefficient (Wildman–Crippen LogP) is 2.64. The van der Waals surface area contributed by atoms with E-state index in [2.05, 4.69) is 15.4 Å². The minimum absolute atomic E-state index is 0.0496. The van der Waals surface area contributed by atoms with Crippen molar-refractivity contribution in [2.75, 3.05) is 5.32 Å². The Hall–Kier alpha value is -3.81. The van der Waals surface area contributed by atoms with Crippen molar-refractivity contribution in [2.24, 2.45) is 0 Å². The molecule has 2 heterocycles. The number of aromatic nitrogens is 4. The molecule has 0 aliphatic carbocycles. The molecule has 2 aromatic carbocycles. The van der Waals surface area contributed by atoms with Crippen LogP contribution in [-0.4, -0.2) is 25.1 Å². The van der Waals surface area contributed by atoms with Gasteiger partial charge in [-0.25, -0.2) is 23.3 Å². The number of fused-ring (bicyclic) bond motifs is 1. The summed E-state index contributed by atoms with van der Waals surface area (Å²) in [6.45, 7) is 1.36. The highest BCUT2D eigenvalue weighted by Gasteiger charge is 2.15. The van der Waals surface area contributed by atoms with E-state index < -0.39 is 17.4 Å². The lowest BCUT2D eigenvalue weighted by molar-refractivity contribution is -0.117. The first-order chi connectivity index (χ1) is 13.5. The highest BCUT2D eigenvalue weighted by Crippen LogP contribution is 2.18. The van der Waals surface area contributed by atoms with Crippen LogP contribution in [-0.2, 0) is 11.3 Å². The Morgan fingerprint density at radius 3 is 2.57 bits per heavy atom. The summed E-state index contributed by atoms with van der Waals surface area (Å²) < 4.78 is 16.1. The standard InChI is InChI=1S/C20H16FN5O2/c1-13-22-17(14-7-3-2-4-8-14)11-18-24-25(20(28)26(13)18)12-19(27)23-16-10-6-5-9-15(16)21/h2-11H,12H2,1H3,(H,23,27). The summed E-state index contributed by atoms with van der Waals surface area (Å²) in [5.41, 5.74) is 1.53. The number of benzene rings is 2. The van der Waals surface area contributed by atoms with Gasteiger partial charge in [0.1, 0.15) is 18.2 Å². The van der Waals surface area contributed by atoms with Crippen LogP contribution in [0, 0.1) is 12.7 Å². The van der Waals surface area contributed by atoms with Crippen LogP contribution in [0.4, 0.5) is 10.1 Å². The first kappa shape index (κ1) is 17.6. The fraction of sp³-hybridized carbons (Fsp3) is 0.100. The summed E-state index contributed by atoms with van der Waals surface area (Å²) in [7, 11) is 0. The van der Waals surface area contributed by atoms with Gasteiger partial charge in [0.05, 0.1) is 11.4 Å². The molecule has 4 rings (SSSR count). The number of aryl methyl sites for hydroxylation is 1. The van der Waals surface area contributed by atoms with E-state index in [4.69, 9.17) is 0 Å². The van der Waals surface area contributed by atoms with Crippen LogP contribution in [0.5, 0.6) is 0 Å². The van der Waals surface area contributed by atoms with Crippen LogP contribution in [0.25, 0.3) is 16.9 Å². The van der Waals surface area contributed by atoms with Crippen molar-refractivity contribution in [3.05, 3.63) is 82.8 Å². The van der Waals surface area contributed by atoms with Gasteiger partial charge in [0, 0.05) is 11.6 Å². The summed E-state index contributed by atoms with van der Waals surface area (Å²) >= 11 is 0. The SMILES string of the molecule is Cc1nc(-c2ccccc2)cc2nn(CC(=O)Nc3ccccc3F)c(=O)n12. The first-order valence-electron chi connectivity index (χ1n) is 8.60. The lowest BCUT2D eigenvalue weighted by atomic mass is 10.1. The number of amides is 1. The normalized spacial score (nSPS) is 10.9. The highest BCUT2D eigenvalue weighted by atomic mass is 19.1. The molecule has 0 saturated carbocycles. The summed E-state index contributed by atoms with van der Waals surface area (Å²) in [4.78, 5) is 29.3. The van der Waals surface area contributed by atoms with Crippen LogP contribution < -0.4 is 11.0 Å². The monoisotopic (exact) mass is 377 g/mol. The van der Waals surface area contributed by atoms with Gasteiger partial charge in [-0.3, -0.25) is 4.79 Å². The molecule has 0 unspecified atom stereocenters. The third kappa shape index (κ3) is 3.27. The molecule has 1 N–H and O–H groups in total. The molecule has 4 aromatic rings. The fourth-order valence-corrected chi connectivity index (χ4v) is 2.95. The second-order valence-corrected chi connectivity index (χ2v) is 6.22. The minimum atomic E-state index is -0.551. The van der Waals surface area contributed by atoms with Crippen LogP contribution in [0.3, 0.4) is 0 Å². The number of carbonyl (C=O) groups is 1. The van der Waals surface area contributed by atoms with Gasteiger partial charge in [0.15, 0.2) is 5.65 Å². The number of rotatable bonds is 4. The van der Waals surface area contributed by atoms with Crippen molar-refractivity contribution >= 4 is 17.2 Å². The molecule has 0 spiro atoms. The van der Waals surface area contributed by atoms with E-state index in [1.807, 2.05) is 30.3 Å². The van der Waals surface area contributed by atoms with Crippen LogP contribution in [0.2, 0.25) is 0 Å². The van der Waals surface area contributed by atoms with Crippen molar-refractivity contribution in [3.63, 3.8) is 0 Å². The zero-order valence-electron chi connectivity index (χ0n) is 15.0. The third-order valence-corrected chi connectivity index (χ3v) is 4.25. The molecule has 8 heteroatoms. The molecule has 1 amide bonds. The van der Waals surface area contributed by atoms with Crippen molar-refractivity contribution in [1.29, 1.82) is 0 Å². The lowest BCUT2D eigenvalue weighted by Crippen LogP contribution is -2.29. The third-order valence-electron chi connectivity index (χ3n) is 4.25. The van der Waals surface area contributed by atoms with Gasteiger partial charge in [0.2, 0.25) is 5.91 Å². The molecule has 0 aliphatic heterocycles. The average molecular weight is 377 g/mol. The van der Waals surface area contributed by atoms with E-state index in [0.29, 0.717) is 17.2 Å². The van der Waals surface area contributed by atoms with Crippen molar-refractivity contribution in [3.8, 4) is 11.3 Å². The molecule has 0 atom stereocenters. The Morgan fingerprint density at radius 2 is 1.82 bits per heavy atom. The van der Waals surface area contributed by atoms with E-state index in [9.17, 15) is 14.0 Å². The van der Waals surface area contributed by atoms with E-state index in [1.54, 1.807) is 19.1 Å². The van der Waals surface area contributed by atoms with Crippen LogP contribution >= 0.6 is 0 Å². The number of hydrogen-bond acceptors (Lipinski definition) is 4. The smallest absolute Gasteiger partial charge is 0.322 e. The number of para-hydroxylation sites is 1. The molecule has 0 radical (unpaired) electrons. The lowest BCUT2D eigenvalue weighted by Gasteiger charge is -2.05. The Balaban J connectivity index is 1.66. The molecule has 0 bridgehead atoms. The minimum Gasteiger partial charge on any atom is -0.322 e. The Bertz CT molecular complexity index is 1230. The Morgan fingerprint density at radius 1 is 1.11 bits per heavy atom. The second kappa shape index (κ2) is 7.07. The van der Waals surface area contributed by atoms with E-state index in [0.717, 1.165) is 10.2 Å². The van der Waals surface area contributed by atoms with Gasteiger partial charge in [-0.15, -0.1) is 5.10 Å². The molecule has 0 aliphatic rings. The van der Waals surface area contributed by atoms with Gasteiger partial charge in [-0.2, -0.15) is 0 Å². The van der Waals surface area contributed by atoms with Crippen LogP contribution in [0.1, 0.15) is 5.82 Å². The molecule has 140 valence electrons. The first-order valence-corrected chi connectivity index (χ1v) is 8.60. The zero-order valence-corrected chi connectivity index (χ0v) is 15.0. The highest BCUT2D eigenvalue weighted by molar-refractivity contribution is 5.90. The molecule has 28 heavy (non-hydrogen) atoms. The van der Waals surface area contributed by atoms with Crippen molar-refractivity contribution in [2.45, 2.75) is 13.5 Å². The van der Waals surface area contributed by atoms with Gasteiger partial charge in [-0.05, 0) is 19.1 Å². The summed E-state index contributed by atoms with van der Waals surface area (Å²) in [5, 5.41) is 6.68. The number of carbonyl (C=O) groups excluding carboxylic acids is 1. The molecule has 7 nitrogen and oxygen atoms in total. The predicted molar refractivity (Wildman–Crippen MR) is 102 cm³/mol. The fourth-order valence-electron chi connectivity index (χ4n) is 2.95. The quantitative estimate of drug-likeness (QED) is 0.593. The van der Waals surface area contributed by atoms with Gasteiger partial charge in [-0.1, -0.05) is 42.5 Å². The van der Waals surface area contributed by atoms with Gasteiger partial charge in [0.25, 0.3) is 0 Å². The maximum absolute atomic E-state index is 13.7. The Kier molecular flexibility index (Phi) is 4.44. The molecule has 2 aromatic heterocycles. The summed E-state index contributed by atoms with van der Waals surface area (Å²) in [6.07, 6.45) is 0. The van der Waals surface area contributed by atoms with Gasteiger partial charge < -0.3 is 5.32 Å². The van der Waals surface area contributed by atoms with E-state index >= 15 is 0 Å². The summed E-state index contributed by atoms with van der Waals surface area (Å²) in [5.74, 6) is -0.641. The number of anilines is 1. The number of nitrogens with zero attached hydrogens (tertiary/aromatic N) is 4. The number of halogens is 1. The van der Waals surface area contributed by atoms with Crippen molar-refractivity contribution < 1.29 is 9.18 Å². The summed E-state index contributed by atoms with van der Waals surface area (Å²) in [6, 6.07) is 17.0. The van der Waals surface area contributed by atoms with Gasteiger partial charge >= 0.3 is 5.69 Å². The molecule has 0 fully saturated rings. The molecule has 0 saturated heterocycles. The maximum Gasteiger partial charge on any atom is 0.352 e. The van der Waals surface area contributed by atoms with Crippen molar-refractivity contribution in [1.82, 2.24) is 19.2 Å². The van der Waals surface area contributed by atoms with E-state index in [-0.39, 0.29) is 12.2 Å². The largest absolute Gasteiger partial charge is 0.352 e. The molecular formula is C20H16FN5O2.